The smallest absolute Gasteiger partial charge is 0.0726 e. The fourth-order valence-electron chi connectivity index (χ4n) is 2.47. The van der Waals surface area contributed by atoms with Gasteiger partial charge in [0.25, 0.3) is 0 Å². The fraction of sp³-hybridized carbons (Fsp3) is 0.571. The second kappa shape index (κ2) is 5.59. The van der Waals surface area contributed by atoms with Crippen LogP contribution in [0.5, 0.6) is 0 Å². The van der Waals surface area contributed by atoms with Crippen molar-refractivity contribution in [3.05, 3.63) is 28.2 Å². The van der Waals surface area contributed by atoms with Crippen LogP contribution in [-0.4, -0.2) is 25.3 Å². The number of benzene rings is 1. The first-order valence-corrected chi connectivity index (χ1v) is 7.22. The molecule has 0 amide bonds. The van der Waals surface area contributed by atoms with Gasteiger partial charge in [-0.2, -0.15) is 0 Å². The molecule has 1 fully saturated rings. The van der Waals surface area contributed by atoms with E-state index >= 15 is 0 Å². The van der Waals surface area contributed by atoms with Crippen LogP contribution in [-0.2, 0) is 4.74 Å². The average Bonchev–Trinajstić information content (AvgIpc) is 2.26. The lowest BCUT2D eigenvalue weighted by atomic mass is 10.1. The number of morpholine rings is 1. The van der Waals surface area contributed by atoms with Gasteiger partial charge in [0.15, 0.2) is 0 Å². The van der Waals surface area contributed by atoms with Gasteiger partial charge in [-0.1, -0.05) is 22.0 Å². The number of ether oxygens (including phenoxy) is 1. The summed E-state index contributed by atoms with van der Waals surface area (Å²) in [6, 6.07) is 6.46. The summed E-state index contributed by atoms with van der Waals surface area (Å²) in [7, 11) is 0. The molecule has 100 valence electrons. The maximum Gasteiger partial charge on any atom is 0.0726 e. The molecule has 0 aliphatic carbocycles. The maximum absolute atomic E-state index is 5.92. The van der Waals surface area contributed by atoms with Gasteiger partial charge in [-0.05, 0) is 38.5 Å². The van der Waals surface area contributed by atoms with Gasteiger partial charge in [0, 0.05) is 29.3 Å². The first-order valence-electron chi connectivity index (χ1n) is 6.43. The molecule has 3 atom stereocenters. The minimum atomic E-state index is 0.0518. The Morgan fingerprint density at radius 2 is 1.94 bits per heavy atom. The zero-order valence-electron chi connectivity index (χ0n) is 11.2. The van der Waals surface area contributed by atoms with Crippen molar-refractivity contribution in [1.29, 1.82) is 0 Å². The van der Waals surface area contributed by atoms with Crippen molar-refractivity contribution in [3.8, 4) is 0 Å². The van der Waals surface area contributed by atoms with Crippen LogP contribution in [0.15, 0.2) is 22.7 Å². The van der Waals surface area contributed by atoms with Gasteiger partial charge >= 0.3 is 0 Å². The number of rotatable bonds is 2. The van der Waals surface area contributed by atoms with E-state index in [1.165, 1.54) is 5.69 Å². The number of nitrogens with two attached hydrogens (primary N) is 1. The number of halogens is 1. The molecule has 2 N–H and O–H groups in total. The van der Waals surface area contributed by atoms with E-state index in [-0.39, 0.29) is 18.2 Å². The van der Waals surface area contributed by atoms with Crippen molar-refractivity contribution in [2.75, 3.05) is 18.0 Å². The SMILES string of the molecule is CC1CN(c2ccc([C@H](C)N)c(Br)c2)CC(C)O1. The summed E-state index contributed by atoms with van der Waals surface area (Å²) in [5.74, 6) is 0. The molecule has 2 rings (SSSR count). The van der Waals surface area contributed by atoms with Gasteiger partial charge in [-0.3, -0.25) is 0 Å². The van der Waals surface area contributed by atoms with Crippen LogP contribution in [0.2, 0.25) is 0 Å². The number of nitrogens with zero attached hydrogens (tertiary/aromatic N) is 1. The van der Waals surface area contributed by atoms with E-state index in [2.05, 4.69) is 52.9 Å². The van der Waals surface area contributed by atoms with E-state index in [0.29, 0.717) is 0 Å². The quantitative estimate of drug-likeness (QED) is 0.912. The Labute approximate surface area is 117 Å². The van der Waals surface area contributed by atoms with Gasteiger partial charge in [0.2, 0.25) is 0 Å². The van der Waals surface area contributed by atoms with Crippen LogP contribution in [0.4, 0.5) is 5.69 Å². The number of hydrogen-bond acceptors (Lipinski definition) is 3. The highest BCUT2D eigenvalue weighted by molar-refractivity contribution is 9.10. The topological polar surface area (TPSA) is 38.5 Å². The van der Waals surface area contributed by atoms with E-state index in [9.17, 15) is 0 Å². The van der Waals surface area contributed by atoms with Crippen LogP contribution in [0.25, 0.3) is 0 Å². The normalized spacial score (nSPS) is 26.2. The first kappa shape index (κ1) is 13.8. The summed E-state index contributed by atoms with van der Waals surface area (Å²) in [6.07, 6.45) is 0.557. The highest BCUT2D eigenvalue weighted by atomic mass is 79.9. The molecule has 1 saturated heterocycles. The Kier molecular flexibility index (Phi) is 4.30. The van der Waals surface area contributed by atoms with Crippen molar-refractivity contribution in [1.82, 2.24) is 0 Å². The van der Waals surface area contributed by atoms with E-state index in [1.54, 1.807) is 0 Å². The van der Waals surface area contributed by atoms with Crippen molar-refractivity contribution in [2.45, 2.75) is 39.0 Å². The van der Waals surface area contributed by atoms with Crippen LogP contribution in [0.1, 0.15) is 32.4 Å². The van der Waals surface area contributed by atoms with Crippen molar-refractivity contribution in [2.24, 2.45) is 5.73 Å². The van der Waals surface area contributed by atoms with Crippen LogP contribution in [0.3, 0.4) is 0 Å². The van der Waals surface area contributed by atoms with Crippen LogP contribution < -0.4 is 10.6 Å². The van der Waals surface area contributed by atoms with Crippen molar-refractivity contribution in [3.63, 3.8) is 0 Å². The maximum atomic E-state index is 5.92. The van der Waals surface area contributed by atoms with E-state index in [0.717, 1.165) is 23.1 Å². The number of anilines is 1. The molecule has 0 aromatic heterocycles. The minimum absolute atomic E-state index is 0.0518. The highest BCUT2D eigenvalue weighted by Crippen LogP contribution is 2.29. The molecule has 0 bridgehead atoms. The summed E-state index contributed by atoms with van der Waals surface area (Å²) in [6.45, 7) is 8.11. The predicted molar refractivity (Wildman–Crippen MR) is 79.0 cm³/mol. The summed E-state index contributed by atoms with van der Waals surface area (Å²) in [4.78, 5) is 2.37. The molecule has 1 aromatic rings. The standard InChI is InChI=1S/C14H21BrN2O/c1-9-7-17(8-10(2)18-9)12-4-5-13(11(3)16)14(15)6-12/h4-6,9-11H,7-8,16H2,1-3H3/t9?,10?,11-/m0/s1. The molecular weight excluding hydrogens is 292 g/mol. The highest BCUT2D eigenvalue weighted by Gasteiger charge is 2.22. The lowest BCUT2D eigenvalue weighted by Gasteiger charge is -2.37. The lowest BCUT2D eigenvalue weighted by molar-refractivity contribution is -0.00522. The minimum Gasteiger partial charge on any atom is -0.372 e. The van der Waals surface area contributed by atoms with Crippen molar-refractivity contribution < 1.29 is 4.74 Å². The second-order valence-electron chi connectivity index (χ2n) is 5.16. The van der Waals surface area contributed by atoms with Gasteiger partial charge in [0.1, 0.15) is 0 Å². The third kappa shape index (κ3) is 3.05. The zero-order chi connectivity index (χ0) is 13.3. The van der Waals surface area contributed by atoms with E-state index in [1.807, 2.05) is 6.92 Å². The molecule has 18 heavy (non-hydrogen) atoms. The summed E-state index contributed by atoms with van der Waals surface area (Å²) in [5.41, 5.74) is 8.30. The molecule has 0 radical (unpaired) electrons. The molecule has 1 aliphatic rings. The Hall–Kier alpha value is -0.580. The summed E-state index contributed by atoms with van der Waals surface area (Å²) < 4.78 is 6.84. The predicted octanol–water partition coefficient (Wildman–Crippen LogP) is 3.08. The van der Waals surface area contributed by atoms with Gasteiger partial charge < -0.3 is 15.4 Å². The largest absolute Gasteiger partial charge is 0.372 e. The first-order chi connectivity index (χ1) is 8.47. The molecule has 3 nitrogen and oxygen atoms in total. The Bertz CT molecular complexity index is 412. The molecule has 0 saturated carbocycles. The van der Waals surface area contributed by atoms with E-state index < -0.39 is 0 Å². The summed E-state index contributed by atoms with van der Waals surface area (Å²) >= 11 is 3.61. The third-order valence-corrected chi connectivity index (χ3v) is 3.95. The molecular formula is C14H21BrN2O. The molecule has 1 aliphatic heterocycles. The van der Waals surface area contributed by atoms with Crippen LogP contribution in [0, 0.1) is 0 Å². The monoisotopic (exact) mass is 312 g/mol. The Morgan fingerprint density at radius 3 is 2.44 bits per heavy atom. The molecule has 1 aromatic carbocycles. The van der Waals surface area contributed by atoms with Gasteiger partial charge in [-0.15, -0.1) is 0 Å². The summed E-state index contributed by atoms with van der Waals surface area (Å²) in [5, 5.41) is 0. The van der Waals surface area contributed by atoms with Gasteiger partial charge in [-0.25, -0.2) is 0 Å². The Balaban J connectivity index is 2.21. The zero-order valence-corrected chi connectivity index (χ0v) is 12.8. The molecule has 2 unspecified atom stereocenters. The molecule has 1 heterocycles. The number of hydrogen-bond donors (Lipinski definition) is 1. The van der Waals surface area contributed by atoms with Gasteiger partial charge in [0.05, 0.1) is 12.2 Å². The average molecular weight is 313 g/mol. The Morgan fingerprint density at radius 1 is 1.33 bits per heavy atom. The van der Waals surface area contributed by atoms with E-state index in [4.69, 9.17) is 10.5 Å². The molecule has 0 spiro atoms. The molecule has 4 heteroatoms. The third-order valence-electron chi connectivity index (χ3n) is 3.26. The second-order valence-corrected chi connectivity index (χ2v) is 6.01. The fourth-order valence-corrected chi connectivity index (χ4v) is 3.20. The lowest BCUT2D eigenvalue weighted by Crippen LogP contribution is -2.45. The van der Waals surface area contributed by atoms with Crippen LogP contribution >= 0.6 is 15.9 Å². The van der Waals surface area contributed by atoms with Crippen molar-refractivity contribution >= 4 is 21.6 Å².